The molecule has 3 rings (SSSR count). The number of aryl methyl sites for hydroxylation is 1. The molecule has 2 aromatic heterocycles. The zero-order valence-corrected chi connectivity index (χ0v) is 13.8. The summed E-state index contributed by atoms with van der Waals surface area (Å²) >= 11 is 0. The van der Waals surface area contributed by atoms with Crippen molar-refractivity contribution in [1.82, 2.24) is 19.5 Å². The summed E-state index contributed by atoms with van der Waals surface area (Å²) in [6, 6.07) is 9.85. The lowest BCUT2D eigenvalue weighted by molar-refractivity contribution is 0.0691. The quantitative estimate of drug-likeness (QED) is 0.795. The summed E-state index contributed by atoms with van der Waals surface area (Å²) in [5.41, 5.74) is 2.96. The van der Waals surface area contributed by atoms with Crippen molar-refractivity contribution in [3.8, 4) is 17.2 Å². The fraction of sp³-hybridized carbons (Fsp3) is 0.222. The molecule has 0 aliphatic heterocycles. The zero-order valence-electron chi connectivity index (χ0n) is 13.8. The van der Waals surface area contributed by atoms with Gasteiger partial charge in [-0.2, -0.15) is 0 Å². The van der Waals surface area contributed by atoms with Crippen LogP contribution in [0.3, 0.4) is 0 Å². The average Bonchev–Trinajstić information content (AvgIpc) is 3.05. The number of rotatable bonds is 4. The van der Waals surface area contributed by atoms with Gasteiger partial charge in [0.2, 0.25) is 0 Å². The maximum absolute atomic E-state index is 11.0. The van der Waals surface area contributed by atoms with Gasteiger partial charge in [-0.1, -0.05) is 43.7 Å². The van der Waals surface area contributed by atoms with Crippen LogP contribution in [0.1, 0.15) is 41.5 Å². The van der Waals surface area contributed by atoms with Gasteiger partial charge in [0.05, 0.1) is 0 Å². The molecule has 0 aliphatic carbocycles. The van der Waals surface area contributed by atoms with Crippen LogP contribution in [0.4, 0.5) is 0 Å². The summed E-state index contributed by atoms with van der Waals surface area (Å²) in [7, 11) is 0. The van der Waals surface area contributed by atoms with Crippen LogP contribution >= 0.6 is 0 Å². The van der Waals surface area contributed by atoms with Crippen LogP contribution in [0.2, 0.25) is 0 Å². The number of hydrogen-bond acceptors (Lipinski definition) is 4. The van der Waals surface area contributed by atoms with Gasteiger partial charge >= 0.3 is 5.97 Å². The Morgan fingerprint density at radius 1 is 1.17 bits per heavy atom. The number of aromatic nitrogens is 4. The molecule has 6 heteroatoms. The maximum Gasteiger partial charge on any atom is 0.356 e. The highest BCUT2D eigenvalue weighted by molar-refractivity contribution is 5.85. The molecule has 0 fully saturated rings. The summed E-state index contributed by atoms with van der Waals surface area (Å²) < 4.78 is 1.61. The Labute approximate surface area is 139 Å². The summed E-state index contributed by atoms with van der Waals surface area (Å²) in [6.45, 7) is 6.14. The van der Waals surface area contributed by atoms with Crippen LogP contribution < -0.4 is 0 Å². The van der Waals surface area contributed by atoms with E-state index < -0.39 is 5.97 Å². The van der Waals surface area contributed by atoms with Crippen molar-refractivity contribution in [3.05, 3.63) is 59.8 Å². The van der Waals surface area contributed by atoms with Gasteiger partial charge in [-0.05, 0) is 12.8 Å². The van der Waals surface area contributed by atoms with Gasteiger partial charge in [-0.25, -0.2) is 19.7 Å². The standard InChI is InChI=1S/C18H18N4O2/c1-11(2)14-8-16(22-9-15(18(23)24)19-10-22)21-17(20-14)13-6-4-12(3)5-7-13/h4-11H,1-3H3,(H,23,24). The monoisotopic (exact) mass is 322 g/mol. The number of carboxylic acid groups (broad SMARTS) is 1. The Hall–Kier alpha value is -3.02. The summed E-state index contributed by atoms with van der Waals surface area (Å²) in [5, 5.41) is 9.04. The Kier molecular flexibility index (Phi) is 4.12. The third-order valence-electron chi connectivity index (χ3n) is 3.70. The topological polar surface area (TPSA) is 80.9 Å². The van der Waals surface area contributed by atoms with Gasteiger partial charge in [0.15, 0.2) is 11.5 Å². The van der Waals surface area contributed by atoms with Crippen molar-refractivity contribution in [1.29, 1.82) is 0 Å². The molecule has 0 radical (unpaired) electrons. The van der Waals surface area contributed by atoms with E-state index in [0.29, 0.717) is 11.6 Å². The van der Waals surface area contributed by atoms with Gasteiger partial charge in [-0.3, -0.25) is 4.57 Å². The third kappa shape index (κ3) is 3.17. The van der Waals surface area contributed by atoms with E-state index in [9.17, 15) is 4.79 Å². The summed E-state index contributed by atoms with van der Waals surface area (Å²) in [6.07, 6.45) is 2.91. The minimum absolute atomic E-state index is 0.0170. The first kappa shape index (κ1) is 15.9. The van der Waals surface area contributed by atoms with E-state index in [2.05, 4.69) is 28.8 Å². The molecule has 1 N–H and O–H groups in total. The molecule has 0 atom stereocenters. The molecule has 0 unspecified atom stereocenters. The molecule has 6 nitrogen and oxygen atoms in total. The Morgan fingerprint density at radius 3 is 2.46 bits per heavy atom. The Bertz CT molecular complexity index is 882. The van der Waals surface area contributed by atoms with Crippen LogP contribution in [0.25, 0.3) is 17.2 Å². The lowest BCUT2D eigenvalue weighted by atomic mass is 10.1. The normalized spacial score (nSPS) is 11.0. The molecule has 0 amide bonds. The molecule has 2 heterocycles. The van der Waals surface area contributed by atoms with Crippen LogP contribution in [-0.2, 0) is 0 Å². The fourth-order valence-corrected chi connectivity index (χ4v) is 2.27. The fourth-order valence-electron chi connectivity index (χ4n) is 2.27. The molecule has 0 aliphatic rings. The number of imidazole rings is 1. The zero-order chi connectivity index (χ0) is 17.3. The predicted octanol–water partition coefficient (Wildman–Crippen LogP) is 3.46. The lowest BCUT2D eigenvalue weighted by Gasteiger charge is -2.11. The minimum Gasteiger partial charge on any atom is -0.476 e. The van der Waals surface area contributed by atoms with Crippen LogP contribution in [0.15, 0.2) is 42.9 Å². The van der Waals surface area contributed by atoms with Crippen LogP contribution in [0, 0.1) is 6.92 Å². The Morgan fingerprint density at radius 2 is 1.88 bits per heavy atom. The molecule has 0 saturated carbocycles. The van der Waals surface area contributed by atoms with E-state index in [1.807, 2.05) is 37.3 Å². The predicted molar refractivity (Wildman–Crippen MR) is 90.4 cm³/mol. The smallest absolute Gasteiger partial charge is 0.356 e. The van der Waals surface area contributed by atoms with Gasteiger partial charge in [-0.15, -0.1) is 0 Å². The molecule has 0 spiro atoms. The molecular formula is C18H18N4O2. The number of carbonyl (C=O) groups is 1. The Balaban J connectivity index is 2.11. The molecular weight excluding hydrogens is 304 g/mol. The largest absolute Gasteiger partial charge is 0.476 e. The van der Waals surface area contributed by atoms with E-state index in [4.69, 9.17) is 5.11 Å². The van der Waals surface area contributed by atoms with E-state index in [0.717, 1.165) is 11.3 Å². The first-order chi connectivity index (χ1) is 11.4. The van der Waals surface area contributed by atoms with Crippen molar-refractivity contribution < 1.29 is 9.90 Å². The SMILES string of the molecule is Cc1ccc(-c2nc(C(C)C)cc(-n3cnc(C(=O)O)c3)n2)cc1. The van der Waals surface area contributed by atoms with E-state index >= 15 is 0 Å². The van der Waals surface area contributed by atoms with Crippen molar-refractivity contribution in [2.24, 2.45) is 0 Å². The highest BCUT2D eigenvalue weighted by Crippen LogP contribution is 2.22. The highest BCUT2D eigenvalue weighted by Gasteiger charge is 2.13. The van der Waals surface area contributed by atoms with E-state index in [1.54, 1.807) is 4.57 Å². The van der Waals surface area contributed by atoms with Crippen molar-refractivity contribution in [2.75, 3.05) is 0 Å². The number of aromatic carboxylic acids is 1. The van der Waals surface area contributed by atoms with Crippen molar-refractivity contribution in [3.63, 3.8) is 0 Å². The molecule has 1 aromatic carbocycles. The third-order valence-corrected chi connectivity index (χ3v) is 3.70. The maximum atomic E-state index is 11.0. The van der Waals surface area contributed by atoms with Gasteiger partial charge in [0.25, 0.3) is 0 Å². The minimum atomic E-state index is -1.06. The molecule has 0 bridgehead atoms. The van der Waals surface area contributed by atoms with Gasteiger partial charge in [0.1, 0.15) is 12.1 Å². The lowest BCUT2D eigenvalue weighted by Crippen LogP contribution is -2.04. The highest BCUT2D eigenvalue weighted by atomic mass is 16.4. The second-order valence-electron chi connectivity index (χ2n) is 5.97. The van der Waals surface area contributed by atoms with Crippen molar-refractivity contribution in [2.45, 2.75) is 26.7 Å². The van der Waals surface area contributed by atoms with Gasteiger partial charge in [0, 0.05) is 23.5 Å². The van der Waals surface area contributed by atoms with Gasteiger partial charge < -0.3 is 5.11 Å². The summed E-state index contributed by atoms with van der Waals surface area (Å²) in [5.74, 6) is 0.370. The number of nitrogens with zero attached hydrogens (tertiary/aromatic N) is 4. The van der Waals surface area contributed by atoms with E-state index in [1.165, 1.54) is 18.1 Å². The first-order valence-corrected chi connectivity index (χ1v) is 7.67. The molecule has 24 heavy (non-hydrogen) atoms. The van der Waals surface area contributed by atoms with Crippen LogP contribution in [0.5, 0.6) is 0 Å². The molecule has 3 aromatic rings. The first-order valence-electron chi connectivity index (χ1n) is 7.67. The molecule has 0 saturated heterocycles. The summed E-state index contributed by atoms with van der Waals surface area (Å²) in [4.78, 5) is 24.1. The van der Waals surface area contributed by atoms with Crippen LogP contribution in [-0.4, -0.2) is 30.6 Å². The average molecular weight is 322 g/mol. The molecule has 122 valence electrons. The van der Waals surface area contributed by atoms with Crippen molar-refractivity contribution >= 4 is 5.97 Å². The number of benzene rings is 1. The number of carboxylic acids is 1. The number of hydrogen-bond donors (Lipinski definition) is 1. The second-order valence-corrected chi connectivity index (χ2v) is 5.97. The second kappa shape index (κ2) is 6.23. The van der Waals surface area contributed by atoms with E-state index in [-0.39, 0.29) is 11.6 Å².